The molecule has 0 aromatic rings. The van der Waals surface area contributed by atoms with Gasteiger partial charge in [-0.15, -0.1) is 0 Å². The lowest BCUT2D eigenvalue weighted by atomic mass is 10.1. The summed E-state index contributed by atoms with van der Waals surface area (Å²) >= 11 is 0. The Morgan fingerprint density at radius 2 is 1.91 bits per heavy atom. The highest BCUT2D eigenvalue weighted by Gasteiger charge is 1.96. The highest BCUT2D eigenvalue weighted by molar-refractivity contribution is 4.53. The van der Waals surface area contributed by atoms with Crippen molar-refractivity contribution in [3.05, 3.63) is 0 Å². The van der Waals surface area contributed by atoms with Crippen molar-refractivity contribution in [2.75, 3.05) is 13.1 Å². The van der Waals surface area contributed by atoms with Gasteiger partial charge in [0, 0.05) is 0 Å². The molecule has 0 rings (SSSR count). The van der Waals surface area contributed by atoms with Gasteiger partial charge in [0.2, 0.25) is 0 Å². The Labute approximate surface area is 71.6 Å². The predicted octanol–water partition coefficient (Wildman–Crippen LogP) is 2.81. The fourth-order valence-electron chi connectivity index (χ4n) is 0.979. The maximum atomic E-state index is 3.45. The first-order valence-electron chi connectivity index (χ1n) is 5.02. The molecular weight excluding hydrogens is 134 g/mol. The molecule has 0 unspecified atom stereocenters. The van der Waals surface area contributed by atoms with Crippen molar-refractivity contribution >= 4 is 0 Å². The van der Waals surface area contributed by atoms with E-state index in [-0.39, 0.29) is 0 Å². The Bertz CT molecular complexity index is 71.3. The van der Waals surface area contributed by atoms with Gasteiger partial charge in [0.15, 0.2) is 0 Å². The van der Waals surface area contributed by atoms with Crippen molar-refractivity contribution in [2.24, 2.45) is 5.92 Å². The zero-order valence-corrected chi connectivity index (χ0v) is 8.32. The van der Waals surface area contributed by atoms with Crippen molar-refractivity contribution < 1.29 is 0 Å². The minimum Gasteiger partial charge on any atom is -0.317 e. The van der Waals surface area contributed by atoms with Gasteiger partial charge >= 0.3 is 0 Å². The van der Waals surface area contributed by atoms with Gasteiger partial charge in [-0.1, -0.05) is 33.6 Å². The van der Waals surface area contributed by atoms with E-state index in [1.165, 1.54) is 38.8 Å². The van der Waals surface area contributed by atoms with Crippen LogP contribution in [0.15, 0.2) is 0 Å². The molecule has 1 nitrogen and oxygen atoms in total. The average Bonchev–Trinajstić information content (AvgIpc) is 2.04. The summed E-state index contributed by atoms with van der Waals surface area (Å²) in [6, 6.07) is 0. The van der Waals surface area contributed by atoms with E-state index in [1.54, 1.807) is 0 Å². The number of unbranched alkanes of at least 4 members (excludes halogenated alkanes) is 1. The van der Waals surface area contributed by atoms with Crippen LogP contribution in [-0.4, -0.2) is 13.1 Å². The molecule has 0 saturated carbocycles. The number of rotatable bonds is 7. The highest BCUT2D eigenvalue weighted by atomic mass is 14.8. The van der Waals surface area contributed by atoms with E-state index >= 15 is 0 Å². The largest absolute Gasteiger partial charge is 0.317 e. The molecule has 0 fully saturated rings. The molecule has 0 radical (unpaired) electrons. The zero-order valence-electron chi connectivity index (χ0n) is 8.32. The molecule has 0 aliphatic heterocycles. The van der Waals surface area contributed by atoms with Crippen LogP contribution in [0.25, 0.3) is 0 Å². The molecule has 0 aliphatic rings. The highest BCUT2D eigenvalue weighted by Crippen LogP contribution is 2.03. The summed E-state index contributed by atoms with van der Waals surface area (Å²) in [5.74, 6) is 0.893. The lowest BCUT2D eigenvalue weighted by Gasteiger charge is -2.08. The summed E-state index contributed by atoms with van der Waals surface area (Å²) < 4.78 is 0. The van der Waals surface area contributed by atoms with Crippen LogP contribution in [0.5, 0.6) is 0 Å². The second-order valence-corrected chi connectivity index (χ2v) is 3.41. The molecule has 11 heavy (non-hydrogen) atoms. The third-order valence-corrected chi connectivity index (χ3v) is 2.22. The fourth-order valence-corrected chi connectivity index (χ4v) is 0.979. The van der Waals surface area contributed by atoms with Gasteiger partial charge < -0.3 is 5.32 Å². The minimum absolute atomic E-state index is 0.893. The van der Waals surface area contributed by atoms with E-state index in [0.29, 0.717) is 0 Å². The Morgan fingerprint density at radius 1 is 1.18 bits per heavy atom. The molecular formula is C10H23N. The van der Waals surface area contributed by atoms with Gasteiger partial charge in [0.25, 0.3) is 0 Å². The second-order valence-electron chi connectivity index (χ2n) is 3.41. The van der Waals surface area contributed by atoms with Gasteiger partial charge in [0.05, 0.1) is 0 Å². The van der Waals surface area contributed by atoms with Crippen LogP contribution in [0, 0.1) is 5.92 Å². The van der Waals surface area contributed by atoms with E-state index < -0.39 is 0 Å². The van der Waals surface area contributed by atoms with E-state index in [4.69, 9.17) is 0 Å². The zero-order chi connectivity index (χ0) is 8.53. The van der Waals surface area contributed by atoms with Gasteiger partial charge in [-0.05, 0) is 31.8 Å². The molecule has 1 atom stereocenters. The van der Waals surface area contributed by atoms with E-state index in [1.807, 2.05) is 0 Å². The van der Waals surface area contributed by atoms with E-state index in [0.717, 1.165) is 5.92 Å². The first-order chi connectivity index (χ1) is 5.31. The summed E-state index contributed by atoms with van der Waals surface area (Å²) in [7, 11) is 0. The summed E-state index contributed by atoms with van der Waals surface area (Å²) in [5.41, 5.74) is 0. The third-order valence-electron chi connectivity index (χ3n) is 2.22. The van der Waals surface area contributed by atoms with E-state index in [9.17, 15) is 0 Å². The Kier molecular flexibility index (Phi) is 8.03. The molecule has 0 aliphatic carbocycles. The molecule has 68 valence electrons. The normalized spacial score (nSPS) is 13.4. The maximum absolute atomic E-state index is 3.45. The maximum Gasteiger partial charge on any atom is -0.00464 e. The smallest absolute Gasteiger partial charge is 0.00464 e. The van der Waals surface area contributed by atoms with Crippen LogP contribution in [0.3, 0.4) is 0 Å². The minimum atomic E-state index is 0.893. The molecule has 0 aromatic carbocycles. The van der Waals surface area contributed by atoms with Crippen LogP contribution in [0.2, 0.25) is 0 Å². The van der Waals surface area contributed by atoms with Crippen molar-refractivity contribution in [3.8, 4) is 0 Å². The van der Waals surface area contributed by atoms with Crippen LogP contribution in [0.4, 0.5) is 0 Å². The quantitative estimate of drug-likeness (QED) is 0.560. The SMILES string of the molecule is CCCCNCC[C@@H](C)CC. The standard InChI is InChI=1S/C10H23N/c1-4-6-8-11-9-7-10(3)5-2/h10-11H,4-9H2,1-3H3/t10-/m0/s1. The molecule has 0 saturated heterocycles. The monoisotopic (exact) mass is 157 g/mol. The lowest BCUT2D eigenvalue weighted by molar-refractivity contribution is 0.485. The summed E-state index contributed by atoms with van der Waals surface area (Å²) in [5, 5.41) is 3.45. The van der Waals surface area contributed by atoms with Crippen molar-refractivity contribution in [2.45, 2.75) is 46.5 Å². The van der Waals surface area contributed by atoms with Crippen LogP contribution >= 0.6 is 0 Å². The summed E-state index contributed by atoms with van der Waals surface area (Å²) in [4.78, 5) is 0. The van der Waals surface area contributed by atoms with Crippen LogP contribution in [-0.2, 0) is 0 Å². The first-order valence-corrected chi connectivity index (χ1v) is 5.02. The van der Waals surface area contributed by atoms with E-state index in [2.05, 4.69) is 26.1 Å². The van der Waals surface area contributed by atoms with Gasteiger partial charge in [-0.25, -0.2) is 0 Å². The molecule has 0 heterocycles. The number of hydrogen-bond acceptors (Lipinski definition) is 1. The first kappa shape index (κ1) is 11.0. The molecule has 0 amide bonds. The van der Waals surface area contributed by atoms with Crippen molar-refractivity contribution in [3.63, 3.8) is 0 Å². The predicted molar refractivity (Wildman–Crippen MR) is 51.8 cm³/mol. The van der Waals surface area contributed by atoms with Crippen molar-refractivity contribution in [1.82, 2.24) is 5.32 Å². The molecule has 1 N–H and O–H groups in total. The number of hydrogen-bond donors (Lipinski definition) is 1. The lowest BCUT2D eigenvalue weighted by Crippen LogP contribution is -2.18. The summed E-state index contributed by atoms with van der Waals surface area (Å²) in [6.07, 6.45) is 5.27. The average molecular weight is 157 g/mol. The van der Waals surface area contributed by atoms with Crippen LogP contribution in [0.1, 0.15) is 46.5 Å². The Morgan fingerprint density at radius 3 is 2.45 bits per heavy atom. The second kappa shape index (κ2) is 8.06. The van der Waals surface area contributed by atoms with Gasteiger partial charge in [0.1, 0.15) is 0 Å². The Balaban J connectivity index is 2.89. The molecule has 0 spiro atoms. The topological polar surface area (TPSA) is 12.0 Å². The Hall–Kier alpha value is -0.0400. The van der Waals surface area contributed by atoms with Gasteiger partial charge in [-0.3, -0.25) is 0 Å². The molecule has 0 aromatic heterocycles. The third kappa shape index (κ3) is 7.86. The van der Waals surface area contributed by atoms with Gasteiger partial charge in [-0.2, -0.15) is 0 Å². The van der Waals surface area contributed by atoms with Crippen molar-refractivity contribution in [1.29, 1.82) is 0 Å². The number of nitrogens with one attached hydrogen (secondary N) is 1. The fraction of sp³-hybridized carbons (Fsp3) is 1.00. The van der Waals surface area contributed by atoms with Crippen LogP contribution < -0.4 is 5.32 Å². The molecule has 1 heteroatoms. The summed E-state index contributed by atoms with van der Waals surface area (Å²) in [6.45, 7) is 9.22. The molecule has 0 bridgehead atoms.